The first-order valence-corrected chi connectivity index (χ1v) is 9.58. The summed E-state index contributed by atoms with van der Waals surface area (Å²) in [5, 5.41) is 6.53. The first-order valence-electron chi connectivity index (χ1n) is 9.58. The van der Waals surface area contributed by atoms with E-state index in [0.29, 0.717) is 36.5 Å². The number of aromatic nitrogens is 1. The van der Waals surface area contributed by atoms with E-state index in [4.69, 9.17) is 14.2 Å². The van der Waals surface area contributed by atoms with E-state index in [1.54, 1.807) is 14.2 Å². The van der Waals surface area contributed by atoms with Gasteiger partial charge in [-0.2, -0.15) is 0 Å². The van der Waals surface area contributed by atoms with Crippen LogP contribution < -0.4 is 24.8 Å². The Morgan fingerprint density at radius 3 is 2.62 bits per heavy atom. The fourth-order valence-corrected chi connectivity index (χ4v) is 2.61. The van der Waals surface area contributed by atoms with E-state index in [2.05, 4.69) is 20.6 Å². The Labute approximate surface area is 189 Å². The van der Waals surface area contributed by atoms with Crippen molar-refractivity contribution in [3.05, 3.63) is 42.1 Å². The van der Waals surface area contributed by atoms with Crippen LogP contribution in [0.4, 0.5) is 5.69 Å². The molecule has 0 atom stereocenters. The van der Waals surface area contributed by atoms with Gasteiger partial charge in [0.1, 0.15) is 0 Å². The lowest BCUT2D eigenvalue weighted by atomic mass is 10.2. The lowest BCUT2D eigenvalue weighted by Crippen LogP contribution is -2.30. The molecule has 1 aromatic heterocycles. The molecule has 7 nitrogen and oxygen atoms in total. The minimum atomic E-state index is 0. The summed E-state index contributed by atoms with van der Waals surface area (Å²) in [7, 11) is 3.36. The number of anilines is 1. The molecule has 0 bridgehead atoms. The first-order chi connectivity index (χ1) is 13.7. The highest BCUT2D eigenvalue weighted by Gasteiger charge is 2.22. The van der Waals surface area contributed by atoms with Crippen LogP contribution in [0, 0.1) is 5.92 Å². The van der Waals surface area contributed by atoms with Gasteiger partial charge in [0.15, 0.2) is 17.5 Å². The van der Waals surface area contributed by atoms with Gasteiger partial charge in [0, 0.05) is 37.6 Å². The van der Waals surface area contributed by atoms with Crippen molar-refractivity contribution in [3.63, 3.8) is 0 Å². The van der Waals surface area contributed by atoms with E-state index >= 15 is 0 Å². The lowest BCUT2D eigenvalue weighted by Gasteiger charge is -2.14. The van der Waals surface area contributed by atoms with E-state index in [-0.39, 0.29) is 24.0 Å². The summed E-state index contributed by atoms with van der Waals surface area (Å²) in [6, 6.07) is 9.60. The van der Waals surface area contributed by atoms with Gasteiger partial charge in [-0.25, -0.2) is 4.98 Å². The molecule has 2 aromatic rings. The largest absolute Gasteiger partial charge is 0.493 e. The highest BCUT2D eigenvalue weighted by atomic mass is 127. The molecule has 0 spiro atoms. The maximum atomic E-state index is 5.67. The van der Waals surface area contributed by atoms with E-state index < -0.39 is 0 Å². The number of ether oxygens (including phenoxy) is 3. The molecule has 29 heavy (non-hydrogen) atoms. The fourth-order valence-electron chi connectivity index (χ4n) is 2.61. The van der Waals surface area contributed by atoms with Gasteiger partial charge in [0.05, 0.1) is 20.3 Å². The van der Waals surface area contributed by atoms with Crippen LogP contribution in [-0.4, -0.2) is 38.3 Å². The molecule has 158 valence electrons. The molecule has 0 aliphatic heterocycles. The zero-order valence-electron chi connectivity index (χ0n) is 17.1. The van der Waals surface area contributed by atoms with Crippen LogP contribution in [0.25, 0.3) is 0 Å². The smallest absolute Gasteiger partial charge is 0.213 e. The lowest BCUT2D eigenvalue weighted by molar-refractivity contribution is 0.288. The van der Waals surface area contributed by atoms with E-state index in [0.717, 1.165) is 23.8 Å². The molecule has 1 heterocycles. The van der Waals surface area contributed by atoms with Gasteiger partial charge in [0.2, 0.25) is 5.88 Å². The maximum Gasteiger partial charge on any atom is 0.213 e. The Hall–Kier alpha value is -2.23. The Morgan fingerprint density at radius 2 is 2.00 bits per heavy atom. The fraction of sp³-hybridized carbons (Fsp3) is 0.429. The molecule has 1 aliphatic carbocycles. The molecule has 1 aliphatic rings. The predicted octanol–water partition coefficient (Wildman–Crippen LogP) is 4.08. The average molecular weight is 512 g/mol. The maximum absolute atomic E-state index is 5.67. The summed E-state index contributed by atoms with van der Waals surface area (Å²) in [4.78, 5) is 8.63. The number of rotatable bonds is 9. The molecule has 1 aromatic carbocycles. The van der Waals surface area contributed by atoms with Gasteiger partial charge in [0.25, 0.3) is 0 Å². The number of methoxy groups -OCH3 is 1. The third kappa shape index (κ3) is 7.26. The number of hydrogen-bond acceptors (Lipinski definition) is 5. The second-order valence-electron chi connectivity index (χ2n) is 6.61. The molecule has 1 saturated carbocycles. The highest BCUT2D eigenvalue weighted by Crippen LogP contribution is 2.30. The van der Waals surface area contributed by atoms with Crippen LogP contribution in [0.1, 0.15) is 25.3 Å². The molecule has 0 amide bonds. The summed E-state index contributed by atoms with van der Waals surface area (Å²) in [6.45, 7) is 3.90. The summed E-state index contributed by atoms with van der Waals surface area (Å²) in [5.41, 5.74) is 1.90. The quantitative estimate of drug-likeness (QED) is 0.300. The average Bonchev–Trinajstić information content (AvgIpc) is 3.56. The Balaban J connectivity index is 0.00000300. The molecule has 2 N–H and O–H groups in total. The van der Waals surface area contributed by atoms with Gasteiger partial charge in [-0.1, -0.05) is 6.07 Å². The molecular weight excluding hydrogens is 483 g/mol. The van der Waals surface area contributed by atoms with Crippen LogP contribution in [0.2, 0.25) is 0 Å². The minimum absolute atomic E-state index is 0. The zero-order valence-corrected chi connectivity index (χ0v) is 19.4. The molecule has 3 rings (SSSR count). The van der Waals surface area contributed by atoms with Crippen LogP contribution >= 0.6 is 24.0 Å². The SMILES string of the molecule is CCOc1ccc(NC(=NC)NCc2ccc(OCC3CC3)nc2)cc1OC.I. The highest BCUT2D eigenvalue weighted by molar-refractivity contribution is 14.0. The van der Waals surface area contributed by atoms with Crippen LogP contribution in [0.3, 0.4) is 0 Å². The predicted molar refractivity (Wildman–Crippen MR) is 126 cm³/mol. The van der Waals surface area contributed by atoms with Crippen molar-refractivity contribution < 1.29 is 14.2 Å². The van der Waals surface area contributed by atoms with Crippen LogP contribution in [0.5, 0.6) is 17.4 Å². The topological polar surface area (TPSA) is 77.0 Å². The number of halogens is 1. The molecule has 1 fully saturated rings. The normalized spacial score (nSPS) is 13.3. The Kier molecular flexibility index (Phi) is 9.30. The number of benzene rings is 1. The number of nitrogens with one attached hydrogen (secondary N) is 2. The van der Waals surface area contributed by atoms with E-state index in [1.807, 2.05) is 43.5 Å². The van der Waals surface area contributed by atoms with Crippen LogP contribution in [0.15, 0.2) is 41.5 Å². The van der Waals surface area contributed by atoms with E-state index in [1.165, 1.54) is 12.8 Å². The summed E-state index contributed by atoms with van der Waals surface area (Å²) < 4.78 is 16.6. The second kappa shape index (κ2) is 11.7. The standard InChI is InChI=1S/C21H28N4O3.HI/c1-4-27-18-9-8-17(11-19(18)26-3)25-21(22-2)24-13-16-7-10-20(23-12-16)28-14-15-5-6-15;/h7-12,15H,4-6,13-14H2,1-3H3,(H2,22,24,25);1H. The molecule has 8 heteroatoms. The first kappa shape index (κ1) is 23.1. The zero-order chi connectivity index (χ0) is 19.8. The van der Waals surface area contributed by atoms with Gasteiger partial charge in [-0.05, 0) is 43.4 Å². The van der Waals surface area contributed by atoms with E-state index in [9.17, 15) is 0 Å². The summed E-state index contributed by atoms with van der Waals surface area (Å²) in [6.07, 6.45) is 4.37. The van der Waals surface area contributed by atoms with Crippen molar-refractivity contribution in [2.45, 2.75) is 26.3 Å². The number of pyridine rings is 1. The van der Waals surface area contributed by atoms with Crippen molar-refractivity contribution in [3.8, 4) is 17.4 Å². The molecule has 0 radical (unpaired) electrons. The van der Waals surface area contributed by atoms with Crippen molar-refractivity contribution in [2.24, 2.45) is 10.9 Å². The van der Waals surface area contributed by atoms with Crippen molar-refractivity contribution >= 4 is 35.6 Å². The number of guanidine groups is 1. The Morgan fingerprint density at radius 1 is 1.17 bits per heavy atom. The summed E-state index contributed by atoms with van der Waals surface area (Å²) >= 11 is 0. The number of aliphatic imine (C=N–C) groups is 1. The third-order valence-corrected chi connectivity index (χ3v) is 4.37. The summed E-state index contributed by atoms with van der Waals surface area (Å²) in [5.74, 6) is 3.44. The molecule has 0 saturated heterocycles. The third-order valence-electron chi connectivity index (χ3n) is 4.37. The minimum Gasteiger partial charge on any atom is -0.493 e. The van der Waals surface area contributed by atoms with Gasteiger partial charge < -0.3 is 24.8 Å². The van der Waals surface area contributed by atoms with Crippen molar-refractivity contribution in [1.82, 2.24) is 10.3 Å². The molecule has 0 unspecified atom stereocenters. The number of nitrogens with zero attached hydrogens (tertiary/aromatic N) is 2. The van der Waals surface area contributed by atoms with Gasteiger partial charge in [-0.15, -0.1) is 24.0 Å². The van der Waals surface area contributed by atoms with Crippen LogP contribution in [-0.2, 0) is 6.54 Å². The number of hydrogen-bond donors (Lipinski definition) is 2. The van der Waals surface area contributed by atoms with Gasteiger partial charge >= 0.3 is 0 Å². The second-order valence-corrected chi connectivity index (χ2v) is 6.61. The van der Waals surface area contributed by atoms with Crippen molar-refractivity contribution in [1.29, 1.82) is 0 Å². The Bertz CT molecular complexity index is 795. The monoisotopic (exact) mass is 512 g/mol. The van der Waals surface area contributed by atoms with Gasteiger partial charge in [-0.3, -0.25) is 4.99 Å². The molecular formula is C21H29IN4O3. The van der Waals surface area contributed by atoms with Crippen molar-refractivity contribution in [2.75, 3.05) is 32.7 Å².